The molecule has 1 heterocycles. The Morgan fingerprint density at radius 1 is 1.24 bits per heavy atom. The number of rotatable bonds is 6. The van der Waals surface area contributed by atoms with Gasteiger partial charge < -0.3 is 5.32 Å². The first kappa shape index (κ1) is 13.4. The average Bonchev–Trinajstić information content (AvgIpc) is 3.10. The van der Waals surface area contributed by atoms with Crippen LogP contribution in [-0.2, 0) is 0 Å². The third kappa shape index (κ3) is 4.26. The number of piperidine rings is 1. The van der Waals surface area contributed by atoms with Gasteiger partial charge in [0.25, 0.3) is 0 Å². The summed E-state index contributed by atoms with van der Waals surface area (Å²) in [4.78, 5) is 2.76. The van der Waals surface area contributed by atoms with E-state index in [9.17, 15) is 0 Å². The van der Waals surface area contributed by atoms with Crippen LogP contribution >= 0.6 is 0 Å². The average molecular weight is 238 g/mol. The monoisotopic (exact) mass is 238 g/mol. The topological polar surface area (TPSA) is 15.3 Å². The van der Waals surface area contributed by atoms with E-state index in [0.717, 1.165) is 23.9 Å². The standard InChI is InChI=1S/C15H30N2/c1-12(2)8-10-17(14-6-7-14)11-15-13(3)5-4-9-16-15/h12-16H,4-11H2,1-3H3. The van der Waals surface area contributed by atoms with Crippen molar-refractivity contribution in [3.8, 4) is 0 Å². The van der Waals surface area contributed by atoms with Gasteiger partial charge in [-0.15, -0.1) is 0 Å². The molecule has 2 fully saturated rings. The van der Waals surface area contributed by atoms with Crippen molar-refractivity contribution in [2.45, 2.75) is 65.0 Å². The van der Waals surface area contributed by atoms with Gasteiger partial charge in [-0.2, -0.15) is 0 Å². The summed E-state index contributed by atoms with van der Waals surface area (Å²) in [6.45, 7) is 10.9. The van der Waals surface area contributed by atoms with Crippen molar-refractivity contribution in [3.63, 3.8) is 0 Å². The molecule has 100 valence electrons. The van der Waals surface area contributed by atoms with Crippen LogP contribution in [0.1, 0.15) is 52.9 Å². The molecular formula is C15H30N2. The van der Waals surface area contributed by atoms with Crippen LogP contribution in [0.2, 0.25) is 0 Å². The van der Waals surface area contributed by atoms with Gasteiger partial charge in [0.1, 0.15) is 0 Å². The molecule has 1 aliphatic carbocycles. The summed E-state index contributed by atoms with van der Waals surface area (Å²) in [6.07, 6.45) is 7.03. The highest BCUT2D eigenvalue weighted by Gasteiger charge is 2.32. The molecule has 2 rings (SSSR count). The molecule has 0 bridgehead atoms. The van der Waals surface area contributed by atoms with Gasteiger partial charge in [0, 0.05) is 18.6 Å². The fourth-order valence-electron chi connectivity index (χ4n) is 2.90. The van der Waals surface area contributed by atoms with Crippen molar-refractivity contribution >= 4 is 0 Å². The van der Waals surface area contributed by atoms with Crippen molar-refractivity contribution in [2.75, 3.05) is 19.6 Å². The van der Waals surface area contributed by atoms with Gasteiger partial charge in [-0.1, -0.05) is 20.8 Å². The summed E-state index contributed by atoms with van der Waals surface area (Å²) in [7, 11) is 0. The Morgan fingerprint density at radius 3 is 2.59 bits per heavy atom. The van der Waals surface area contributed by atoms with Crippen molar-refractivity contribution in [1.82, 2.24) is 10.2 Å². The molecule has 2 nitrogen and oxygen atoms in total. The van der Waals surface area contributed by atoms with Crippen LogP contribution in [0.15, 0.2) is 0 Å². The largest absolute Gasteiger partial charge is 0.312 e. The van der Waals surface area contributed by atoms with Gasteiger partial charge in [-0.3, -0.25) is 4.90 Å². The fourth-order valence-corrected chi connectivity index (χ4v) is 2.90. The zero-order valence-electron chi connectivity index (χ0n) is 11.9. The summed E-state index contributed by atoms with van der Waals surface area (Å²) < 4.78 is 0. The molecule has 0 aromatic carbocycles. The first-order valence-corrected chi connectivity index (χ1v) is 7.64. The van der Waals surface area contributed by atoms with E-state index in [1.807, 2.05) is 0 Å². The van der Waals surface area contributed by atoms with Crippen LogP contribution in [0.3, 0.4) is 0 Å². The zero-order chi connectivity index (χ0) is 12.3. The van der Waals surface area contributed by atoms with Crippen LogP contribution in [0.5, 0.6) is 0 Å². The lowest BCUT2D eigenvalue weighted by atomic mass is 9.92. The molecule has 17 heavy (non-hydrogen) atoms. The molecule has 2 aliphatic rings. The lowest BCUT2D eigenvalue weighted by Crippen LogP contribution is -2.48. The maximum Gasteiger partial charge on any atom is 0.0220 e. The second kappa shape index (κ2) is 6.19. The first-order valence-electron chi connectivity index (χ1n) is 7.64. The van der Waals surface area contributed by atoms with Crippen molar-refractivity contribution in [2.24, 2.45) is 11.8 Å². The molecule has 0 aromatic heterocycles. The molecule has 0 spiro atoms. The minimum atomic E-state index is 0.747. The van der Waals surface area contributed by atoms with Crippen LogP contribution in [0.4, 0.5) is 0 Å². The Bertz CT molecular complexity index is 223. The van der Waals surface area contributed by atoms with Gasteiger partial charge in [-0.05, 0) is 57.0 Å². The Labute approximate surface area is 107 Å². The maximum absolute atomic E-state index is 3.73. The molecule has 0 radical (unpaired) electrons. The Balaban J connectivity index is 1.79. The van der Waals surface area contributed by atoms with Crippen molar-refractivity contribution in [1.29, 1.82) is 0 Å². The van der Waals surface area contributed by atoms with Gasteiger partial charge in [-0.25, -0.2) is 0 Å². The lowest BCUT2D eigenvalue weighted by molar-refractivity contribution is 0.177. The van der Waals surface area contributed by atoms with Crippen LogP contribution in [-0.4, -0.2) is 36.6 Å². The Hall–Kier alpha value is -0.0800. The molecule has 1 saturated heterocycles. The second-order valence-electron chi connectivity index (χ2n) is 6.59. The highest BCUT2D eigenvalue weighted by molar-refractivity contribution is 4.89. The third-order valence-electron chi connectivity index (χ3n) is 4.42. The molecular weight excluding hydrogens is 208 g/mol. The molecule has 1 N–H and O–H groups in total. The number of nitrogens with zero attached hydrogens (tertiary/aromatic N) is 1. The summed E-state index contributed by atoms with van der Waals surface area (Å²) in [5.74, 6) is 1.71. The first-order chi connectivity index (χ1) is 8.16. The minimum absolute atomic E-state index is 0.747. The molecule has 2 unspecified atom stereocenters. The Morgan fingerprint density at radius 2 is 2.00 bits per heavy atom. The molecule has 2 heteroatoms. The molecule has 0 aromatic rings. The van der Waals surface area contributed by atoms with Gasteiger partial charge in [0.15, 0.2) is 0 Å². The van der Waals surface area contributed by atoms with Crippen molar-refractivity contribution < 1.29 is 0 Å². The summed E-state index contributed by atoms with van der Waals surface area (Å²) >= 11 is 0. The van der Waals surface area contributed by atoms with E-state index < -0.39 is 0 Å². The Kier molecular flexibility index (Phi) is 4.87. The second-order valence-corrected chi connectivity index (χ2v) is 6.59. The predicted octanol–water partition coefficient (Wildman–Crippen LogP) is 2.89. The predicted molar refractivity (Wildman–Crippen MR) is 74.2 cm³/mol. The van der Waals surface area contributed by atoms with E-state index in [-0.39, 0.29) is 0 Å². The smallest absolute Gasteiger partial charge is 0.0220 e. The normalized spacial score (nSPS) is 30.2. The number of nitrogens with one attached hydrogen (secondary N) is 1. The number of hydrogen-bond acceptors (Lipinski definition) is 2. The molecule has 1 aliphatic heterocycles. The summed E-state index contributed by atoms with van der Waals surface area (Å²) in [6, 6.07) is 1.67. The lowest BCUT2D eigenvalue weighted by Gasteiger charge is -2.35. The van der Waals surface area contributed by atoms with Crippen LogP contribution in [0.25, 0.3) is 0 Å². The summed E-state index contributed by atoms with van der Waals surface area (Å²) in [5, 5.41) is 3.73. The van der Waals surface area contributed by atoms with E-state index in [0.29, 0.717) is 0 Å². The van der Waals surface area contributed by atoms with Gasteiger partial charge in [0.2, 0.25) is 0 Å². The third-order valence-corrected chi connectivity index (χ3v) is 4.42. The molecule has 1 saturated carbocycles. The van der Waals surface area contributed by atoms with E-state index in [1.165, 1.54) is 51.7 Å². The maximum atomic E-state index is 3.73. The van der Waals surface area contributed by atoms with E-state index >= 15 is 0 Å². The van der Waals surface area contributed by atoms with E-state index in [1.54, 1.807) is 0 Å². The van der Waals surface area contributed by atoms with Gasteiger partial charge in [0.05, 0.1) is 0 Å². The van der Waals surface area contributed by atoms with Crippen molar-refractivity contribution in [3.05, 3.63) is 0 Å². The van der Waals surface area contributed by atoms with E-state index in [4.69, 9.17) is 0 Å². The highest BCUT2D eigenvalue weighted by Crippen LogP contribution is 2.29. The minimum Gasteiger partial charge on any atom is -0.312 e. The fraction of sp³-hybridized carbons (Fsp3) is 1.00. The SMILES string of the molecule is CC(C)CCN(CC1NCCCC1C)C1CC1. The quantitative estimate of drug-likeness (QED) is 0.765. The van der Waals surface area contributed by atoms with Crippen LogP contribution < -0.4 is 5.32 Å². The zero-order valence-corrected chi connectivity index (χ0v) is 11.9. The van der Waals surface area contributed by atoms with Crippen LogP contribution in [0, 0.1) is 11.8 Å². The summed E-state index contributed by atoms with van der Waals surface area (Å²) in [5.41, 5.74) is 0. The molecule has 2 atom stereocenters. The molecule has 0 amide bonds. The van der Waals surface area contributed by atoms with E-state index in [2.05, 4.69) is 31.0 Å². The number of hydrogen-bond donors (Lipinski definition) is 1. The van der Waals surface area contributed by atoms with Gasteiger partial charge >= 0.3 is 0 Å². The highest BCUT2D eigenvalue weighted by atomic mass is 15.2.